The summed E-state index contributed by atoms with van der Waals surface area (Å²) in [4.78, 5) is 0. The maximum Gasteiger partial charge on any atom is 0.0695 e. The van der Waals surface area contributed by atoms with Crippen LogP contribution in [0.15, 0.2) is 10.7 Å². The molecule has 0 aromatic carbocycles. The Morgan fingerprint density at radius 1 is 1.44 bits per heavy atom. The predicted molar refractivity (Wildman–Crippen MR) is 69.3 cm³/mol. The van der Waals surface area contributed by atoms with Crippen LogP contribution >= 0.6 is 15.9 Å². The van der Waals surface area contributed by atoms with Crippen molar-refractivity contribution in [3.63, 3.8) is 0 Å². The quantitative estimate of drug-likeness (QED) is 0.925. The number of nitrogens with one attached hydrogen (secondary N) is 1. The second-order valence-electron chi connectivity index (χ2n) is 4.67. The van der Waals surface area contributed by atoms with Crippen LogP contribution in [0.1, 0.15) is 43.8 Å². The highest BCUT2D eigenvalue weighted by Crippen LogP contribution is 2.36. The molecule has 1 aromatic rings. The van der Waals surface area contributed by atoms with Crippen molar-refractivity contribution in [1.82, 2.24) is 15.1 Å². The Labute approximate surface area is 106 Å². The second kappa shape index (κ2) is 5.32. The molecule has 1 aliphatic carbocycles. The van der Waals surface area contributed by atoms with Crippen molar-refractivity contribution in [3.05, 3.63) is 16.4 Å². The van der Waals surface area contributed by atoms with Crippen LogP contribution in [0.2, 0.25) is 0 Å². The molecule has 4 heteroatoms. The van der Waals surface area contributed by atoms with Gasteiger partial charge in [-0.2, -0.15) is 5.10 Å². The Bertz CT molecular complexity index is 323. The zero-order chi connectivity index (χ0) is 11.5. The third-order valence-corrected chi connectivity index (χ3v) is 4.28. The fourth-order valence-electron chi connectivity index (χ4n) is 2.83. The lowest BCUT2D eigenvalue weighted by molar-refractivity contribution is 0.272. The van der Waals surface area contributed by atoms with Gasteiger partial charge < -0.3 is 5.32 Å². The summed E-state index contributed by atoms with van der Waals surface area (Å²) >= 11 is 3.60. The van der Waals surface area contributed by atoms with Gasteiger partial charge in [-0.25, -0.2) is 0 Å². The van der Waals surface area contributed by atoms with Gasteiger partial charge in [-0.05, 0) is 41.7 Å². The third-order valence-electron chi connectivity index (χ3n) is 3.66. The van der Waals surface area contributed by atoms with E-state index in [9.17, 15) is 0 Å². The highest BCUT2D eigenvalue weighted by atomic mass is 79.9. The summed E-state index contributed by atoms with van der Waals surface area (Å²) in [5.74, 6) is 0.755. The van der Waals surface area contributed by atoms with E-state index in [0.717, 1.165) is 10.4 Å². The van der Waals surface area contributed by atoms with Crippen molar-refractivity contribution >= 4 is 15.9 Å². The average molecular weight is 286 g/mol. The first-order chi connectivity index (χ1) is 7.74. The SMILES string of the molecule is CNC(c1c(Br)cnn1C)C1CCCCC1. The lowest BCUT2D eigenvalue weighted by Gasteiger charge is -2.30. The van der Waals surface area contributed by atoms with Gasteiger partial charge in [-0.3, -0.25) is 4.68 Å². The molecule has 2 rings (SSSR count). The van der Waals surface area contributed by atoms with E-state index in [4.69, 9.17) is 0 Å². The number of nitrogens with zero attached hydrogens (tertiary/aromatic N) is 2. The monoisotopic (exact) mass is 285 g/mol. The number of aromatic nitrogens is 2. The van der Waals surface area contributed by atoms with Crippen LogP contribution in [0.4, 0.5) is 0 Å². The molecule has 1 atom stereocenters. The molecule has 1 heterocycles. The van der Waals surface area contributed by atoms with Gasteiger partial charge in [0.15, 0.2) is 0 Å². The summed E-state index contributed by atoms with van der Waals surface area (Å²) in [7, 11) is 4.08. The summed E-state index contributed by atoms with van der Waals surface area (Å²) in [5.41, 5.74) is 1.29. The maximum atomic E-state index is 4.31. The fraction of sp³-hybridized carbons (Fsp3) is 0.750. The van der Waals surface area contributed by atoms with Crippen LogP contribution < -0.4 is 5.32 Å². The molecule has 0 spiro atoms. The van der Waals surface area contributed by atoms with Crippen LogP contribution in [0.25, 0.3) is 0 Å². The molecular formula is C12H20BrN3. The third kappa shape index (κ3) is 2.33. The molecule has 3 nitrogen and oxygen atoms in total. The fourth-order valence-corrected chi connectivity index (χ4v) is 3.43. The van der Waals surface area contributed by atoms with Crippen LogP contribution in [-0.2, 0) is 7.05 Å². The summed E-state index contributed by atoms with van der Waals surface area (Å²) in [6.07, 6.45) is 8.71. The normalized spacial score (nSPS) is 19.9. The lowest BCUT2D eigenvalue weighted by atomic mass is 9.82. The predicted octanol–water partition coefficient (Wildman–Crippen LogP) is 3.02. The van der Waals surface area contributed by atoms with E-state index in [1.165, 1.54) is 37.8 Å². The number of hydrogen-bond donors (Lipinski definition) is 1. The minimum absolute atomic E-state index is 0.433. The largest absolute Gasteiger partial charge is 0.311 e. The van der Waals surface area contributed by atoms with Gasteiger partial charge in [0.1, 0.15) is 0 Å². The Morgan fingerprint density at radius 2 is 2.12 bits per heavy atom. The van der Waals surface area contributed by atoms with Crippen molar-refractivity contribution in [3.8, 4) is 0 Å². The van der Waals surface area contributed by atoms with E-state index >= 15 is 0 Å². The Kier molecular flexibility index (Phi) is 4.03. The minimum atomic E-state index is 0.433. The zero-order valence-corrected chi connectivity index (χ0v) is 11.6. The first-order valence-electron chi connectivity index (χ1n) is 6.08. The van der Waals surface area contributed by atoms with E-state index in [-0.39, 0.29) is 0 Å². The molecule has 0 amide bonds. The molecule has 1 N–H and O–H groups in total. The molecular weight excluding hydrogens is 266 g/mol. The van der Waals surface area contributed by atoms with Gasteiger partial charge >= 0.3 is 0 Å². The van der Waals surface area contributed by atoms with Gasteiger partial charge in [-0.15, -0.1) is 0 Å². The number of rotatable bonds is 3. The molecule has 1 aliphatic rings. The van der Waals surface area contributed by atoms with Gasteiger partial charge in [0, 0.05) is 7.05 Å². The molecule has 1 saturated carbocycles. The van der Waals surface area contributed by atoms with Crippen LogP contribution in [0.3, 0.4) is 0 Å². The lowest BCUT2D eigenvalue weighted by Crippen LogP contribution is -2.29. The molecule has 1 aromatic heterocycles. The molecule has 0 bridgehead atoms. The van der Waals surface area contributed by atoms with Gasteiger partial charge in [-0.1, -0.05) is 19.3 Å². The van der Waals surface area contributed by atoms with Crippen LogP contribution in [-0.4, -0.2) is 16.8 Å². The molecule has 1 fully saturated rings. The number of halogens is 1. The van der Waals surface area contributed by atoms with Crippen LogP contribution in [0.5, 0.6) is 0 Å². The van der Waals surface area contributed by atoms with Gasteiger partial charge in [0.2, 0.25) is 0 Å². The molecule has 0 radical (unpaired) electrons. The average Bonchev–Trinajstić information content (AvgIpc) is 2.63. The molecule has 90 valence electrons. The maximum absolute atomic E-state index is 4.31. The van der Waals surface area contributed by atoms with E-state index < -0.39 is 0 Å². The topological polar surface area (TPSA) is 29.9 Å². The van der Waals surface area contributed by atoms with E-state index in [2.05, 4.69) is 33.4 Å². The van der Waals surface area contributed by atoms with E-state index in [1.54, 1.807) is 0 Å². The summed E-state index contributed by atoms with van der Waals surface area (Å²) in [6, 6.07) is 0.433. The summed E-state index contributed by atoms with van der Waals surface area (Å²) in [5, 5.41) is 7.77. The molecule has 1 unspecified atom stereocenters. The first-order valence-corrected chi connectivity index (χ1v) is 6.88. The zero-order valence-electron chi connectivity index (χ0n) is 10.0. The summed E-state index contributed by atoms with van der Waals surface area (Å²) in [6.45, 7) is 0. The molecule has 16 heavy (non-hydrogen) atoms. The second-order valence-corrected chi connectivity index (χ2v) is 5.52. The Hall–Kier alpha value is -0.350. The van der Waals surface area contributed by atoms with Crippen LogP contribution in [0, 0.1) is 5.92 Å². The molecule has 0 aliphatic heterocycles. The van der Waals surface area contributed by atoms with Gasteiger partial charge in [0.25, 0.3) is 0 Å². The minimum Gasteiger partial charge on any atom is -0.311 e. The Morgan fingerprint density at radius 3 is 2.62 bits per heavy atom. The smallest absolute Gasteiger partial charge is 0.0695 e. The highest BCUT2D eigenvalue weighted by Gasteiger charge is 2.27. The van der Waals surface area contributed by atoms with Crippen molar-refractivity contribution in [2.45, 2.75) is 38.1 Å². The van der Waals surface area contributed by atoms with Crippen molar-refractivity contribution in [1.29, 1.82) is 0 Å². The molecule has 0 saturated heterocycles. The first kappa shape index (κ1) is 12.1. The van der Waals surface area contributed by atoms with Gasteiger partial charge in [0.05, 0.1) is 22.4 Å². The van der Waals surface area contributed by atoms with Crippen molar-refractivity contribution in [2.24, 2.45) is 13.0 Å². The standard InChI is InChI=1S/C12H20BrN3/c1-14-11(9-6-4-3-5-7-9)12-10(13)8-15-16(12)2/h8-9,11,14H,3-7H2,1-2H3. The highest BCUT2D eigenvalue weighted by molar-refractivity contribution is 9.10. The van der Waals surface area contributed by atoms with E-state index in [1.807, 2.05) is 17.9 Å². The van der Waals surface area contributed by atoms with Crippen molar-refractivity contribution < 1.29 is 0 Å². The number of aryl methyl sites for hydroxylation is 1. The van der Waals surface area contributed by atoms with Crippen molar-refractivity contribution in [2.75, 3.05) is 7.05 Å². The number of hydrogen-bond acceptors (Lipinski definition) is 2. The Balaban J connectivity index is 2.21. The summed E-state index contributed by atoms with van der Waals surface area (Å²) < 4.78 is 3.11. The van der Waals surface area contributed by atoms with E-state index in [0.29, 0.717) is 6.04 Å².